The zero-order valence-electron chi connectivity index (χ0n) is 12.8. The molecule has 0 heterocycles. The Labute approximate surface area is 120 Å². The van der Waals surface area contributed by atoms with E-state index in [2.05, 4.69) is 5.32 Å². The molecule has 1 aromatic rings. The molecule has 0 saturated carbocycles. The third-order valence-electron chi connectivity index (χ3n) is 3.19. The molecule has 0 bridgehead atoms. The summed E-state index contributed by atoms with van der Waals surface area (Å²) in [6, 6.07) is 5.25. The average molecular weight is 280 g/mol. The molecule has 20 heavy (non-hydrogen) atoms. The van der Waals surface area contributed by atoms with Crippen LogP contribution in [0.4, 0.5) is 0 Å². The number of phenols is 1. The number of hydrogen-bond acceptors (Lipinski definition) is 4. The Morgan fingerprint density at radius 3 is 2.55 bits per heavy atom. The summed E-state index contributed by atoms with van der Waals surface area (Å²) in [5.41, 5.74) is 0.769. The molecule has 0 spiro atoms. The normalized spacial score (nSPS) is 12.6. The maximum absolute atomic E-state index is 11.7. The number of methoxy groups -OCH3 is 1. The van der Waals surface area contributed by atoms with E-state index in [4.69, 9.17) is 4.74 Å². The van der Waals surface area contributed by atoms with Crippen LogP contribution in [0.1, 0.15) is 32.4 Å². The van der Waals surface area contributed by atoms with Gasteiger partial charge in [0.15, 0.2) is 0 Å². The fourth-order valence-corrected chi connectivity index (χ4v) is 1.97. The molecule has 0 saturated heterocycles. The third-order valence-corrected chi connectivity index (χ3v) is 3.19. The predicted molar refractivity (Wildman–Crippen MR) is 79.0 cm³/mol. The van der Waals surface area contributed by atoms with E-state index in [-0.39, 0.29) is 30.3 Å². The fourth-order valence-electron chi connectivity index (χ4n) is 1.97. The van der Waals surface area contributed by atoms with E-state index in [0.717, 1.165) is 5.56 Å². The Morgan fingerprint density at radius 2 is 2.05 bits per heavy atom. The highest BCUT2D eigenvalue weighted by atomic mass is 16.5. The SMILES string of the molecule is COc1ccc(C(C)N(C)CC(=O)NC(C)C)c(O)c1. The first-order chi connectivity index (χ1) is 9.35. The molecule has 112 valence electrons. The zero-order chi connectivity index (χ0) is 15.3. The number of rotatable bonds is 6. The van der Waals surface area contributed by atoms with Crippen molar-refractivity contribution in [3.8, 4) is 11.5 Å². The molecule has 0 aromatic heterocycles. The number of carbonyl (C=O) groups is 1. The first-order valence-corrected chi connectivity index (χ1v) is 6.71. The van der Waals surface area contributed by atoms with Gasteiger partial charge in [0.25, 0.3) is 0 Å². The number of nitrogens with zero attached hydrogens (tertiary/aromatic N) is 1. The minimum Gasteiger partial charge on any atom is -0.507 e. The Balaban J connectivity index is 2.73. The molecule has 1 amide bonds. The van der Waals surface area contributed by atoms with E-state index in [1.165, 1.54) is 0 Å². The molecule has 0 aliphatic rings. The predicted octanol–water partition coefficient (Wildman–Crippen LogP) is 1.92. The van der Waals surface area contributed by atoms with Gasteiger partial charge < -0.3 is 15.2 Å². The standard InChI is InChI=1S/C15H24N2O3/c1-10(2)16-15(19)9-17(4)11(3)13-7-6-12(20-5)8-14(13)18/h6-8,10-11,18H,9H2,1-5H3,(H,16,19). The van der Waals surface area contributed by atoms with Gasteiger partial charge in [-0.3, -0.25) is 9.69 Å². The summed E-state index contributed by atoms with van der Waals surface area (Å²) in [5, 5.41) is 12.9. The highest BCUT2D eigenvalue weighted by molar-refractivity contribution is 5.78. The maximum Gasteiger partial charge on any atom is 0.234 e. The lowest BCUT2D eigenvalue weighted by Gasteiger charge is -2.25. The number of carbonyl (C=O) groups excluding carboxylic acids is 1. The van der Waals surface area contributed by atoms with Gasteiger partial charge in [-0.25, -0.2) is 0 Å². The Morgan fingerprint density at radius 1 is 1.40 bits per heavy atom. The van der Waals surface area contributed by atoms with E-state index < -0.39 is 0 Å². The van der Waals surface area contributed by atoms with Gasteiger partial charge in [-0.1, -0.05) is 6.07 Å². The summed E-state index contributed by atoms with van der Waals surface area (Å²) >= 11 is 0. The van der Waals surface area contributed by atoms with Crippen LogP contribution in [-0.4, -0.2) is 42.7 Å². The van der Waals surface area contributed by atoms with Crippen LogP contribution in [0, 0.1) is 0 Å². The van der Waals surface area contributed by atoms with Crippen molar-refractivity contribution in [1.29, 1.82) is 0 Å². The molecule has 5 nitrogen and oxygen atoms in total. The van der Waals surface area contributed by atoms with Gasteiger partial charge in [0.1, 0.15) is 11.5 Å². The number of ether oxygens (including phenoxy) is 1. The average Bonchev–Trinajstić information content (AvgIpc) is 2.36. The van der Waals surface area contributed by atoms with Gasteiger partial charge in [0.05, 0.1) is 13.7 Å². The van der Waals surface area contributed by atoms with Gasteiger partial charge in [-0.2, -0.15) is 0 Å². The quantitative estimate of drug-likeness (QED) is 0.835. The minimum atomic E-state index is -0.0705. The van der Waals surface area contributed by atoms with Crippen LogP contribution in [0.25, 0.3) is 0 Å². The summed E-state index contributed by atoms with van der Waals surface area (Å²) in [6.45, 7) is 6.09. The first kappa shape index (κ1) is 16.3. The number of nitrogens with one attached hydrogen (secondary N) is 1. The third kappa shape index (κ3) is 4.42. The van der Waals surface area contributed by atoms with Crippen LogP contribution < -0.4 is 10.1 Å². The van der Waals surface area contributed by atoms with Crippen molar-refractivity contribution in [2.24, 2.45) is 0 Å². The molecule has 0 aliphatic heterocycles. The van der Waals surface area contributed by atoms with Gasteiger partial charge >= 0.3 is 0 Å². The second kappa shape index (κ2) is 7.14. The van der Waals surface area contributed by atoms with Crippen molar-refractivity contribution >= 4 is 5.91 Å². The monoisotopic (exact) mass is 280 g/mol. The van der Waals surface area contributed by atoms with Crippen molar-refractivity contribution in [1.82, 2.24) is 10.2 Å². The summed E-state index contributed by atoms with van der Waals surface area (Å²) in [4.78, 5) is 13.6. The van der Waals surface area contributed by atoms with E-state index in [1.807, 2.05) is 38.8 Å². The number of hydrogen-bond donors (Lipinski definition) is 2. The highest BCUT2D eigenvalue weighted by Gasteiger charge is 2.18. The van der Waals surface area contributed by atoms with E-state index in [9.17, 15) is 9.90 Å². The smallest absolute Gasteiger partial charge is 0.234 e. The van der Waals surface area contributed by atoms with Gasteiger partial charge in [-0.15, -0.1) is 0 Å². The number of amides is 1. The topological polar surface area (TPSA) is 61.8 Å². The van der Waals surface area contributed by atoms with Crippen molar-refractivity contribution in [3.05, 3.63) is 23.8 Å². The molecule has 0 radical (unpaired) electrons. The molecule has 1 unspecified atom stereocenters. The summed E-state index contributed by atoms with van der Waals surface area (Å²) in [5.74, 6) is 0.758. The second-order valence-corrected chi connectivity index (χ2v) is 5.24. The highest BCUT2D eigenvalue weighted by Crippen LogP contribution is 2.30. The van der Waals surface area contributed by atoms with E-state index >= 15 is 0 Å². The van der Waals surface area contributed by atoms with Crippen LogP contribution in [0.3, 0.4) is 0 Å². The molecule has 0 fully saturated rings. The Hall–Kier alpha value is -1.75. The van der Waals surface area contributed by atoms with Crippen LogP contribution in [0.2, 0.25) is 0 Å². The summed E-state index contributed by atoms with van der Waals surface area (Å²) in [7, 11) is 3.41. The van der Waals surface area contributed by atoms with Crippen molar-refractivity contribution in [3.63, 3.8) is 0 Å². The zero-order valence-corrected chi connectivity index (χ0v) is 12.8. The lowest BCUT2D eigenvalue weighted by atomic mass is 10.1. The van der Waals surface area contributed by atoms with Crippen LogP contribution >= 0.6 is 0 Å². The maximum atomic E-state index is 11.7. The Bertz CT molecular complexity index is 460. The van der Waals surface area contributed by atoms with Gasteiger partial charge in [0.2, 0.25) is 5.91 Å². The summed E-state index contributed by atoms with van der Waals surface area (Å²) in [6.07, 6.45) is 0. The summed E-state index contributed by atoms with van der Waals surface area (Å²) < 4.78 is 5.06. The molecule has 1 aromatic carbocycles. The van der Waals surface area contributed by atoms with Crippen molar-refractivity contribution in [2.75, 3.05) is 20.7 Å². The number of likely N-dealkylation sites (N-methyl/N-ethyl adjacent to an activating group) is 1. The van der Waals surface area contributed by atoms with Crippen LogP contribution in [0.5, 0.6) is 11.5 Å². The number of aromatic hydroxyl groups is 1. The molecule has 1 atom stereocenters. The number of benzene rings is 1. The van der Waals surface area contributed by atoms with Gasteiger partial charge in [0, 0.05) is 23.7 Å². The molecule has 0 aliphatic carbocycles. The minimum absolute atomic E-state index is 0.0256. The molecule has 2 N–H and O–H groups in total. The largest absolute Gasteiger partial charge is 0.507 e. The lowest BCUT2D eigenvalue weighted by molar-refractivity contribution is -0.122. The van der Waals surface area contributed by atoms with Crippen LogP contribution in [-0.2, 0) is 4.79 Å². The molecule has 1 rings (SSSR count). The lowest BCUT2D eigenvalue weighted by Crippen LogP contribution is -2.39. The Kier molecular flexibility index (Phi) is 5.82. The van der Waals surface area contributed by atoms with E-state index in [0.29, 0.717) is 5.75 Å². The van der Waals surface area contributed by atoms with Crippen molar-refractivity contribution < 1.29 is 14.6 Å². The number of phenolic OH excluding ortho intramolecular Hbond substituents is 1. The van der Waals surface area contributed by atoms with E-state index in [1.54, 1.807) is 19.2 Å². The molecule has 5 heteroatoms. The molecular weight excluding hydrogens is 256 g/mol. The van der Waals surface area contributed by atoms with Crippen LogP contribution in [0.15, 0.2) is 18.2 Å². The van der Waals surface area contributed by atoms with Crippen molar-refractivity contribution in [2.45, 2.75) is 32.9 Å². The van der Waals surface area contributed by atoms with Gasteiger partial charge in [-0.05, 0) is 33.9 Å². The second-order valence-electron chi connectivity index (χ2n) is 5.24. The first-order valence-electron chi connectivity index (χ1n) is 6.71. The fraction of sp³-hybridized carbons (Fsp3) is 0.533. The molecular formula is C15H24N2O3.